The predicted octanol–water partition coefficient (Wildman–Crippen LogP) is 5.33. The highest BCUT2D eigenvalue weighted by Crippen LogP contribution is 2.34. The van der Waals surface area contributed by atoms with E-state index in [1.54, 1.807) is 24.3 Å². The molecule has 0 aliphatic heterocycles. The molecular weight excluding hydrogens is 312 g/mol. The zero-order valence-corrected chi connectivity index (χ0v) is 13.6. The van der Waals surface area contributed by atoms with Gasteiger partial charge in [0.25, 0.3) is 0 Å². The van der Waals surface area contributed by atoms with E-state index < -0.39 is 0 Å². The van der Waals surface area contributed by atoms with Crippen molar-refractivity contribution in [2.45, 2.75) is 26.2 Å². The summed E-state index contributed by atoms with van der Waals surface area (Å²) < 4.78 is 5.83. The van der Waals surface area contributed by atoms with Gasteiger partial charge in [-0.25, -0.2) is 0 Å². The van der Waals surface area contributed by atoms with Gasteiger partial charge in [0.05, 0.1) is 5.57 Å². The number of hydrogen-bond donors (Lipinski definition) is 1. The number of aliphatic hydroxyl groups excluding tert-OH is 1. The third-order valence-corrected chi connectivity index (χ3v) is 4.18. The molecule has 0 fully saturated rings. The van der Waals surface area contributed by atoms with Gasteiger partial charge in [-0.05, 0) is 53.9 Å². The molecule has 23 heavy (non-hydrogen) atoms. The Morgan fingerprint density at radius 1 is 1.09 bits per heavy atom. The fourth-order valence-electron chi connectivity index (χ4n) is 2.76. The van der Waals surface area contributed by atoms with Gasteiger partial charge in [-0.15, -0.1) is 0 Å². The first-order valence-corrected chi connectivity index (χ1v) is 7.98. The van der Waals surface area contributed by atoms with E-state index in [9.17, 15) is 9.90 Å². The highest BCUT2D eigenvalue weighted by atomic mass is 35.5. The molecule has 1 N–H and O–H groups in total. The molecule has 3 nitrogen and oxygen atoms in total. The lowest BCUT2D eigenvalue weighted by Crippen LogP contribution is -2.00. The first-order chi connectivity index (χ1) is 11.1. The molecule has 0 saturated heterocycles. The number of allylic oxidation sites excluding steroid dienone is 2. The molecular formula is C19H17ClO3. The lowest BCUT2D eigenvalue weighted by Gasteiger charge is -2.12. The number of benzene rings is 2. The number of carbonyl (C=O) groups is 1. The van der Waals surface area contributed by atoms with E-state index in [2.05, 4.69) is 0 Å². The highest BCUT2D eigenvalue weighted by Gasteiger charge is 2.25. The number of ether oxygens (including phenoxy) is 1. The minimum atomic E-state index is 0.00331. The van der Waals surface area contributed by atoms with Gasteiger partial charge in [0, 0.05) is 17.9 Å². The third-order valence-electron chi connectivity index (χ3n) is 3.93. The molecule has 0 bridgehead atoms. The average molecular weight is 329 g/mol. The lowest BCUT2D eigenvalue weighted by atomic mass is 9.96. The van der Waals surface area contributed by atoms with Crippen molar-refractivity contribution in [2.75, 3.05) is 0 Å². The molecule has 4 heteroatoms. The van der Waals surface area contributed by atoms with Crippen LogP contribution in [0.3, 0.4) is 0 Å². The van der Waals surface area contributed by atoms with Gasteiger partial charge in [-0.1, -0.05) is 24.6 Å². The molecule has 0 amide bonds. The summed E-state index contributed by atoms with van der Waals surface area (Å²) in [7, 11) is 0. The van der Waals surface area contributed by atoms with Crippen LogP contribution in [0.1, 0.15) is 30.9 Å². The summed E-state index contributed by atoms with van der Waals surface area (Å²) in [5.41, 5.74) is 2.24. The van der Waals surface area contributed by atoms with Gasteiger partial charge in [-0.2, -0.15) is 0 Å². The van der Waals surface area contributed by atoms with Crippen molar-refractivity contribution in [2.24, 2.45) is 0 Å². The molecule has 2 aromatic carbocycles. The largest absolute Gasteiger partial charge is 0.512 e. The number of halogens is 1. The van der Waals surface area contributed by atoms with E-state index in [-0.39, 0.29) is 11.5 Å². The van der Waals surface area contributed by atoms with Gasteiger partial charge in [0.2, 0.25) is 0 Å². The van der Waals surface area contributed by atoms with E-state index in [1.165, 1.54) is 0 Å². The van der Waals surface area contributed by atoms with Crippen molar-refractivity contribution in [3.63, 3.8) is 0 Å². The Morgan fingerprint density at radius 2 is 1.78 bits per heavy atom. The van der Waals surface area contributed by atoms with E-state index in [1.807, 2.05) is 25.1 Å². The monoisotopic (exact) mass is 328 g/mol. The second kappa shape index (κ2) is 6.47. The fourth-order valence-corrected chi connectivity index (χ4v) is 2.88. The molecule has 0 radical (unpaired) electrons. The second-order valence-corrected chi connectivity index (χ2v) is 5.91. The Hall–Kier alpha value is -2.26. The standard InChI is InChI=1S/C19H17ClO3/c1-2-12-11-15(23-14-5-3-13(20)4-6-14)7-8-16(12)19-17(21)9-10-18(19)22/h3-8,11,21H,2,9-10H2,1H3. The van der Waals surface area contributed by atoms with Crippen molar-refractivity contribution in [1.29, 1.82) is 0 Å². The van der Waals surface area contributed by atoms with Crippen LogP contribution in [-0.4, -0.2) is 10.9 Å². The van der Waals surface area contributed by atoms with Gasteiger partial charge < -0.3 is 9.84 Å². The quantitative estimate of drug-likeness (QED) is 0.825. The molecule has 3 rings (SSSR count). The van der Waals surface area contributed by atoms with Crippen molar-refractivity contribution in [3.05, 3.63) is 64.4 Å². The maximum atomic E-state index is 12.0. The summed E-state index contributed by atoms with van der Waals surface area (Å²) in [6.45, 7) is 2.02. The Labute approximate surface area is 140 Å². The van der Waals surface area contributed by atoms with E-state index in [0.717, 1.165) is 17.5 Å². The van der Waals surface area contributed by atoms with Crippen LogP contribution in [0.2, 0.25) is 5.02 Å². The Balaban J connectivity index is 1.92. The SMILES string of the molecule is CCc1cc(Oc2ccc(Cl)cc2)ccc1C1=C(O)CCC1=O. The number of rotatable bonds is 4. The van der Waals surface area contributed by atoms with Crippen LogP contribution in [0.25, 0.3) is 5.57 Å². The number of aryl methyl sites for hydroxylation is 1. The first-order valence-electron chi connectivity index (χ1n) is 7.60. The summed E-state index contributed by atoms with van der Waals surface area (Å²) in [5.74, 6) is 1.58. The van der Waals surface area contributed by atoms with Crippen LogP contribution in [0.4, 0.5) is 0 Å². The molecule has 2 aromatic rings. The van der Waals surface area contributed by atoms with Crippen LogP contribution in [0.5, 0.6) is 11.5 Å². The minimum absolute atomic E-state index is 0.00331. The summed E-state index contributed by atoms with van der Waals surface area (Å²) in [6.07, 6.45) is 1.56. The molecule has 0 atom stereocenters. The number of Topliss-reactive ketones (excluding diaryl/α,β-unsaturated/α-hetero) is 1. The zero-order chi connectivity index (χ0) is 16.4. The van der Waals surface area contributed by atoms with E-state index >= 15 is 0 Å². The van der Waals surface area contributed by atoms with Crippen LogP contribution in [-0.2, 0) is 11.2 Å². The average Bonchev–Trinajstić information content (AvgIpc) is 2.88. The first kappa shape index (κ1) is 15.6. The van der Waals surface area contributed by atoms with Crippen LogP contribution in [0.15, 0.2) is 48.2 Å². The topological polar surface area (TPSA) is 46.5 Å². The van der Waals surface area contributed by atoms with Gasteiger partial charge in [0.1, 0.15) is 17.3 Å². The minimum Gasteiger partial charge on any atom is -0.512 e. The highest BCUT2D eigenvalue weighted by molar-refractivity contribution is 6.30. The lowest BCUT2D eigenvalue weighted by molar-refractivity contribution is -0.113. The summed E-state index contributed by atoms with van der Waals surface area (Å²) >= 11 is 5.87. The Bertz CT molecular complexity index is 776. The predicted molar refractivity (Wildman–Crippen MR) is 91.1 cm³/mol. The van der Waals surface area contributed by atoms with Crippen molar-refractivity contribution >= 4 is 23.0 Å². The number of aliphatic hydroxyl groups is 1. The number of carbonyl (C=O) groups excluding carboxylic acids is 1. The van der Waals surface area contributed by atoms with Crippen LogP contribution in [0, 0.1) is 0 Å². The van der Waals surface area contributed by atoms with Crippen molar-refractivity contribution in [1.82, 2.24) is 0 Å². The number of ketones is 1. The maximum absolute atomic E-state index is 12.0. The normalized spacial score (nSPS) is 14.4. The molecule has 0 heterocycles. The second-order valence-electron chi connectivity index (χ2n) is 5.47. The van der Waals surface area contributed by atoms with Gasteiger partial charge >= 0.3 is 0 Å². The Morgan fingerprint density at radius 3 is 2.39 bits per heavy atom. The van der Waals surface area contributed by atoms with Gasteiger partial charge in [0.15, 0.2) is 5.78 Å². The van der Waals surface area contributed by atoms with Crippen molar-refractivity contribution in [3.8, 4) is 11.5 Å². The zero-order valence-electron chi connectivity index (χ0n) is 12.8. The van der Waals surface area contributed by atoms with E-state index in [0.29, 0.717) is 34.9 Å². The van der Waals surface area contributed by atoms with Gasteiger partial charge in [-0.3, -0.25) is 4.79 Å². The summed E-state index contributed by atoms with van der Waals surface area (Å²) in [5, 5.41) is 10.6. The molecule has 0 aromatic heterocycles. The Kier molecular flexibility index (Phi) is 4.39. The third kappa shape index (κ3) is 3.25. The fraction of sp³-hybridized carbons (Fsp3) is 0.211. The summed E-state index contributed by atoms with van der Waals surface area (Å²) in [4.78, 5) is 12.0. The molecule has 0 saturated carbocycles. The van der Waals surface area contributed by atoms with E-state index in [4.69, 9.17) is 16.3 Å². The van der Waals surface area contributed by atoms with Crippen LogP contribution >= 0.6 is 11.6 Å². The smallest absolute Gasteiger partial charge is 0.167 e. The van der Waals surface area contributed by atoms with Crippen molar-refractivity contribution < 1.29 is 14.6 Å². The molecule has 0 unspecified atom stereocenters. The number of hydrogen-bond acceptors (Lipinski definition) is 3. The maximum Gasteiger partial charge on any atom is 0.167 e. The van der Waals surface area contributed by atoms with Crippen LogP contribution < -0.4 is 4.74 Å². The molecule has 1 aliphatic rings. The molecule has 0 spiro atoms. The summed E-state index contributed by atoms with van der Waals surface area (Å²) in [6, 6.07) is 12.7. The molecule has 1 aliphatic carbocycles. The molecule has 118 valence electrons.